The second-order valence-electron chi connectivity index (χ2n) is 7.21. The molecule has 3 rings (SSSR count). The zero-order valence-electron chi connectivity index (χ0n) is 15.8. The van der Waals surface area contributed by atoms with Crippen LogP contribution in [0.25, 0.3) is 0 Å². The van der Waals surface area contributed by atoms with Crippen molar-refractivity contribution in [3.63, 3.8) is 0 Å². The molecule has 0 unspecified atom stereocenters. The van der Waals surface area contributed by atoms with Crippen molar-refractivity contribution in [2.45, 2.75) is 45.2 Å². The molecule has 0 bridgehead atoms. The minimum Gasteiger partial charge on any atom is -0.497 e. The Balaban J connectivity index is 1.53. The van der Waals surface area contributed by atoms with Gasteiger partial charge in [-0.2, -0.15) is 5.10 Å². The van der Waals surface area contributed by atoms with E-state index in [2.05, 4.69) is 53.6 Å². The summed E-state index contributed by atoms with van der Waals surface area (Å²) >= 11 is 0. The van der Waals surface area contributed by atoms with Crippen LogP contribution in [-0.4, -0.2) is 36.0 Å². The highest BCUT2D eigenvalue weighted by molar-refractivity contribution is 5.51. The highest BCUT2D eigenvalue weighted by Crippen LogP contribution is 2.24. The standard InChI is InChI=1S/C20H30N4O/c1-15(2)20-16(14-23(3)22-20)13-21-17-8-10-24(11-9-17)18-6-5-7-19(12-18)25-4/h5-7,12,14-15,17,21H,8-11,13H2,1-4H3. The molecule has 1 fully saturated rings. The molecule has 0 saturated carbocycles. The van der Waals surface area contributed by atoms with Gasteiger partial charge < -0.3 is 15.0 Å². The molecule has 2 heterocycles. The Hall–Kier alpha value is -2.01. The summed E-state index contributed by atoms with van der Waals surface area (Å²) in [5.41, 5.74) is 3.80. The number of aromatic nitrogens is 2. The van der Waals surface area contributed by atoms with Crippen molar-refractivity contribution in [2.75, 3.05) is 25.1 Å². The van der Waals surface area contributed by atoms with Crippen LogP contribution in [0.5, 0.6) is 5.75 Å². The van der Waals surface area contributed by atoms with Gasteiger partial charge in [0, 0.05) is 56.2 Å². The maximum absolute atomic E-state index is 5.34. The van der Waals surface area contributed by atoms with Gasteiger partial charge in [0.05, 0.1) is 12.8 Å². The Bertz CT molecular complexity index is 687. The first-order valence-electron chi connectivity index (χ1n) is 9.21. The van der Waals surface area contributed by atoms with Crippen LogP contribution < -0.4 is 15.0 Å². The van der Waals surface area contributed by atoms with Crippen molar-refractivity contribution in [3.05, 3.63) is 41.7 Å². The zero-order valence-corrected chi connectivity index (χ0v) is 15.8. The first-order valence-corrected chi connectivity index (χ1v) is 9.21. The minimum absolute atomic E-state index is 0.466. The monoisotopic (exact) mass is 342 g/mol. The van der Waals surface area contributed by atoms with E-state index in [1.807, 2.05) is 17.8 Å². The van der Waals surface area contributed by atoms with E-state index in [1.54, 1.807) is 7.11 Å². The van der Waals surface area contributed by atoms with E-state index in [1.165, 1.54) is 16.9 Å². The largest absolute Gasteiger partial charge is 0.497 e. The number of hydrogen-bond donors (Lipinski definition) is 1. The predicted molar refractivity (Wildman–Crippen MR) is 102 cm³/mol. The van der Waals surface area contributed by atoms with Crippen molar-refractivity contribution >= 4 is 5.69 Å². The van der Waals surface area contributed by atoms with E-state index < -0.39 is 0 Å². The molecule has 1 N–H and O–H groups in total. The normalized spacial score (nSPS) is 15.8. The Kier molecular flexibility index (Phi) is 5.63. The number of piperidine rings is 1. The summed E-state index contributed by atoms with van der Waals surface area (Å²) in [5, 5.41) is 8.33. The second-order valence-corrected chi connectivity index (χ2v) is 7.21. The fourth-order valence-corrected chi connectivity index (χ4v) is 3.58. The van der Waals surface area contributed by atoms with Gasteiger partial charge in [0.2, 0.25) is 0 Å². The summed E-state index contributed by atoms with van der Waals surface area (Å²) in [5.74, 6) is 1.39. The van der Waals surface area contributed by atoms with Crippen LogP contribution in [-0.2, 0) is 13.6 Å². The Morgan fingerprint density at radius 3 is 2.72 bits per heavy atom. The molecular weight excluding hydrogens is 312 g/mol. The summed E-state index contributed by atoms with van der Waals surface area (Å²) in [6, 6.07) is 8.92. The first kappa shape index (κ1) is 17.8. The average molecular weight is 342 g/mol. The van der Waals surface area contributed by atoms with Crippen LogP contribution in [0.1, 0.15) is 43.9 Å². The molecular formula is C20H30N4O. The van der Waals surface area contributed by atoms with Crippen molar-refractivity contribution in [2.24, 2.45) is 7.05 Å². The van der Waals surface area contributed by atoms with Crippen LogP contribution >= 0.6 is 0 Å². The number of nitrogens with one attached hydrogen (secondary N) is 1. The zero-order chi connectivity index (χ0) is 17.8. The number of nitrogens with zero attached hydrogens (tertiary/aromatic N) is 3. The number of rotatable bonds is 6. The summed E-state index contributed by atoms with van der Waals surface area (Å²) in [6.45, 7) is 7.48. The molecule has 1 saturated heterocycles. The van der Waals surface area contributed by atoms with E-state index >= 15 is 0 Å². The molecule has 136 valence electrons. The van der Waals surface area contributed by atoms with Gasteiger partial charge in [-0.25, -0.2) is 0 Å². The third kappa shape index (κ3) is 4.34. The van der Waals surface area contributed by atoms with Crippen LogP contribution in [0.4, 0.5) is 5.69 Å². The molecule has 25 heavy (non-hydrogen) atoms. The molecule has 1 aliphatic rings. The number of benzene rings is 1. The van der Waals surface area contributed by atoms with Gasteiger partial charge in [0.25, 0.3) is 0 Å². The van der Waals surface area contributed by atoms with E-state index in [4.69, 9.17) is 4.74 Å². The number of ether oxygens (including phenoxy) is 1. The van der Waals surface area contributed by atoms with Crippen molar-refractivity contribution in [1.82, 2.24) is 15.1 Å². The van der Waals surface area contributed by atoms with E-state index in [9.17, 15) is 0 Å². The third-order valence-corrected chi connectivity index (χ3v) is 4.98. The van der Waals surface area contributed by atoms with Crippen molar-refractivity contribution in [3.8, 4) is 5.75 Å². The fourth-order valence-electron chi connectivity index (χ4n) is 3.58. The molecule has 1 aliphatic heterocycles. The Morgan fingerprint density at radius 1 is 1.28 bits per heavy atom. The topological polar surface area (TPSA) is 42.3 Å². The molecule has 1 aromatic heterocycles. The van der Waals surface area contributed by atoms with Gasteiger partial charge in [-0.3, -0.25) is 4.68 Å². The average Bonchev–Trinajstić information content (AvgIpc) is 3.01. The molecule has 0 radical (unpaired) electrons. The minimum atomic E-state index is 0.466. The lowest BCUT2D eigenvalue weighted by atomic mass is 10.0. The number of anilines is 1. The molecule has 0 spiro atoms. The molecule has 5 heteroatoms. The van der Waals surface area contributed by atoms with Crippen molar-refractivity contribution < 1.29 is 4.74 Å². The van der Waals surface area contributed by atoms with E-state index in [0.717, 1.165) is 38.2 Å². The van der Waals surface area contributed by atoms with Crippen LogP contribution in [0.15, 0.2) is 30.5 Å². The van der Waals surface area contributed by atoms with Crippen LogP contribution in [0.2, 0.25) is 0 Å². The van der Waals surface area contributed by atoms with Gasteiger partial charge in [-0.05, 0) is 30.9 Å². The Labute approximate surface area is 151 Å². The first-order chi connectivity index (χ1) is 12.1. The van der Waals surface area contributed by atoms with Crippen LogP contribution in [0, 0.1) is 0 Å². The van der Waals surface area contributed by atoms with Gasteiger partial charge in [-0.15, -0.1) is 0 Å². The smallest absolute Gasteiger partial charge is 0.120 e. The summed E-state index contributed by atoms with van der Waals surface area (Å²) in [6.07, 6.45) is 4.47. The molecule has 5 nitrogen and oxygen atoms in total. The molecule has 1 aromatic carbocycles. The second kappa shape index (κ2) is 7.91. The lowest BCUT2D eigenvalue weighted by Gasteiger charge is -2.34. The quantitative estimate of drug-likeness (QED) is 0.874. The number of aryl methyl sites for hydroxylation is 1. The van der Waals surface area contributed by atoms with E-state index in [-0.39, 0.29) is 0 Å². The van der Waals surface area contributed by atoms with Crippen LogP contribution in [0.3, 0.4) is 0 Å². The summed E-state index contributed by atoms with van der Waals surface area (Å²) < 4.78 is 7.27. The van der Waals surface area contributed by atoms with Gasteiger partial charge in [0.1, 0.15) is 5.75 Å². The van der Waals surface area contributed by atoms with Gasteiger partial charge in [-0.1, -0.05) is 19.9 Å². The number of hydrogen-bond acceptors (Lipinski definition) is 4. The molecule has 2 aromatic rings. The van der Waals surface area contributed by atoms with Gasteiger partial charge in [0.15, 0.2) is 0 Å². The highest BCUT2D eigenvalue weighted by atomic mass is 16.5. The lowest BCUT2D eigenvalue weighted by molar-refractivity contribution is 0.408. The summed E-state index contributed by atoms with van der Waals surface area (Å²) in [7, 11) is 3.72. The lowest BCUT2D eigenvalue weighted by Crippen LogP contribution is -2.42. The summed E-state index contributed by atoms with van der Waals surface area (Å²) in [4.78, 5) is 2.45. The SMILES string of the molecule is COc1cccc(N2CCC(NCc3cn(C)nc3C(C)C)CC2)c1. The third-order valence-electron chi connectivity index (χ3n) is 4.98. The molecule has 0 amide bonds. The Morgan fingerprint density at radius 2 is 2.04 bits per heavy atom. The maximum atomic E-state index is 5.34. The predicted octanol–water partition coefficient (Wildman–Crippen LogP) is 3.31. The maximum Gasteiger partial charge on any atom is 0.120 e. The molecule has 0 aliphatic carbocycles. The fraction of sp³-hybridized carbons (Fsp3) is 0.550. The van der Waals surface area contributed by atoms with Gasteiger partial charge >= 0.3 is 0 Å². The van der Waals surface area contributed by atoms with Crippen molar-refractivity contribution in [1.29, 1.82) is 0 Å². The highest BCUT2D eigenvalue weighted by Gasteiger charge is 2.20. The number of methoxy groups -OCH3 is 1. The van der Waals surface area contributed by atoms with E-state index in [0.29, 0.717) is 12.0 Å². The molecule has 0 atom stereocenters.